The maximum atomic E-state index is 5.14. The predicted molar refractivity (Wildman–Crippen MR) is 35.1 cm³/mol. The molecule has 1 heterocycles. The molecule has 0 saturated heterocycles. The van der Waals surface area contributed by atoms with E-state index in [4.69, 9.17) is 4.42 Å². The van der Waals surface area contributed by atoms with Crippen LogP contribution >= 0.6 is 0 Å². The molecule has 0 amide bonds. The third kappa shape index (κ3) is 1.42. The molecule has 0 aliphatic carbocycles. The normalized spacial score (nSPS) is 9.44. The summed E-state index contributed by atoms with van der Waals surface area (Å²) in [7, 11) is 0. The fourth-order valence-electron chi connectivity index (χ4n) is 0.642. The molecule has 0 bridgehead atoms. The van der Waals surface area contributed by atoms with E-state index in [1.165, 1.54) is 0 Å². The van der Waals surface area contributed by atoms with Crippen molar-refractivity contribution >= 4 is 0 Å². The molecule has 0 aliphatic heterocycles. The van der Waals surface area contributed by atoms with Gasteiger partial charge in [-0.25, -0.2) is 4.98 Å². The van der Waals surface area contributed by atoms with Gasteiger partial charge < -0.3 is 4.42 Å². The Labute approximate surface area is 54.2 Å². The molecular formula is C7H9NO. The Hall–Kier alpha value is -1.05. The number of aryl methyl sites for hydroxylation is 1. The highest BCUT2D eigenvalue weighted by molar-refractivity contribution is 4.97. The highest BCUT2D eigenvalue weighted by Crippen LogP contribution is 2.02. The van der Waals surface area contributed by atoms with Crippen LogP contribution in [0.4, 0.5) is 0 Å². The maximum absolute atomic E-state index is 5.14. The minimum atomic E-state index is 0.715. The fourth-order valence-corrected chi connectivity index (χ4v) is 0.642. The van der Waals surface area contributed by atoms with E-state index in [2.05, 4.69) is 11.6 Å². The number of hydrogen-bond donors (Lipinski definition) is 0. The number of allylic oxidation sites excluding steroid dienone is 1. The van der Waals surface area contributed by atoms with Gasteiger partial charge in [0.25, 0.3) is 0 Å². The van der Waals surface area contributed by atoms with Crippen molar-refractivity contribution in [3.05, 3.63) is 30.5 Å². The number of nitrogens with zero attached hydrogens (tertiary/aromatic N) is 1. The summed E-state index contributed by atoms with van der Waals surface area (Å²) in [6.45, 7) is 5.40. The summed E-state index contributed by atoms with van der Waals surface area (Å²) < 4.78 is 5.14. The van der Waals surface area contributed by atoms with E-state index in [1.54, 1.807) is 12.3 Å². The molecule has 1 aromatic heterocycles. The van der Waals surface area contributed by atoms with Gasteiger partial charge in [0.05, 0.1) is 6.20 Å². The van der Waals surface area contributed by atoms with E-state index in [-0.39, 0.29) is 0 Å². The van der Waals surface area contributed by atoms with Gasteiger partial charge >= 0.3 is 0 Å². The van der Waals surface area contributed by atoms with Crippen LogP contribution in [0.5, 0.6) is 0 Å². The van der Waals surface area contributed by atoms with Crippen LogP contribution in [0.25, 0.3) is 0 Å². The van der Waals surface area contributed by atoms with Gasteiger partial charge in [-0.3, -0.25) is 0 Å². The smallest absolute Gasteiger partial charge is 0.191 e. The van der Waals surface area contributed by atoms with Gasteiger partial charge in [-0.1, -0.05) is 6.08 Å². The molecule has 0 aliphatic rings. The standard InChI is InChI=1S/C7H9NO/c1-3-4-7-5-8-6(2)9-7/h3,5H,1,4H2,2H3. The first-order valence-electron chi connectivity index (χ1n) is 2.85. The van der Waals surface area contributed by atoms with Crippen LogP contribution in [0, 0.1) is 6.92 Å². The van der Waals surface area contributed by atoms with Crippen LogP contribution in [0.1, 0.15) is 11.7 Å². The molecule has 9 heavy (non-hydrogen) atoms. The third-order valence-corrected chi connectivity index (χ3v) is 1.01. The molecule has 0 N–H and O–H groups in total. The molecule has 2 nitrogen and oxygen atoms in total. The van der Waals surface area contributed by atoms with Crippen LogP contribution < -0.4 is 0 Å². The van der Waals surface area contributed by atoms with Gasteiger partial charge in [0, 0.05) is 13.3 Å². The molecule has 48 valence electrons. The quantitative estimate of drug-likeness (QED) is 0.559. The second-order valence-electron chi connectivity index (χ2n) is 1.84. The highest BCUT2D eigenvalue weighted by atomic mass is 16.3. The van der Waals surface area contributed by atoms with Crippen LogP contribution in [0.15, 0.2) is 23.3 Å². The molecule has 0 saturated carbocycles. The van der Waals surface area contributed by atoms with Crippen molar-refractivity contribution in [3.63, 3.8) is 0 Å². The van der Waals surface area contributed by atoms with Gasteiger partial charge in [0.1, 0.15) is 5.76 Å². The van der Waals surface area contributed by atoms with Gasteiger partial charge in [0.15, 0.2) is 5.89 Å². The summed E-state index contributed by atoms with van der Waals surface area (Å²) in [4.78, 5) is 3.92. The summed E-state index contributed by atoms with van der Waals surface area (Å²) >= 11 is 0. The van der Waals surface area contributed by atoms with Gasteiger partial charge in [0.2, 0.25) is 0 Å². The number of rotatable bonds is 2. The molecule has 0 spiro atoms. The van der Waals surface area contributed by atoms with Crippen LogP contribution in [-0.2, 0) is 6.42 Å². The average molecular weight is 123 g/mol. The Morgan fingerprint density at radius 3 is 3.11 bits per heavy atom. The average Bonchev–Trinajstić information content (AvgIpc) is 2.17. The van der Waals surface area contributed by atoms with Crippen molar-refractivity contribution in [1.29, 1.82) is 0 Å². The lowest BCUT2D eigenvalue weighted by Gasteiger charge is -1.82. The molecule has 0 aromatic carbocycles. The lowest BCUT2D eigenvalue weighted by molar-refractivity contribution is 0.485. The maximum Gasteiger partial charge on any atom is 0.191 e. The zero-order chi connectivity index (χ0) is 6.69. The number of hydrogen-bond acceptors (Lipinski definition) is 2. The Kier molecular flexibility index (Phi) is 1.68. The van der Waals surface area contributed by atoms with Gasteiger partial charge in [-0.05, 0) is 0 Å². The fraction of sp³-hybridized carbons (Fsp3) is 0.286. The Balaban J connectivity index is 2.72. The molecule has 2 heteroatoms. The summed E-state index contributed by atoms with van der Waals surface area (Å²) in [5, 5.41) is 0. The molecular weight excluding hydrogens is 114 g/mol. The van der Waals surface area contributed by atoms with Crippen molar-refractivity contribution in [1.82, 2.24) is 4.98 Å². The first kappa shape index (κ1) is 6.08. The summed E-state index contributed by atoms with van der Waals surface area (Å²) in [5.74, 6) is 1.59. The van der Waals surface area contributed by atoms with Gasteiger partial charge in [-0.2, -0.15) is 0 Å². The Morgan fingerprint density at radius 2 is 2.67 bits per heavy atom. The first-order valence-corrected chi connectivity index (χ1v) is 2.85. The van der Waals surface area contributed by atoms with E-state index in [1.807, 2.05) is 6.92 Å². The zero-order valence-electron chi connectivity index (χ0n) is 5.42. The summed E-state index contributed by atoms with van der Waals surface area (Å²) in [6.07, 6.45) is 4.28. The van der Waals surface area contributed by atoms with E-state index in [0.29, 0.717) is 5.89 Å². The molecule has 1 aromatic rings. The van der Waals surface area contributed by atoms with Crippen molar-refractivity contribution in [2.75, 3.05) is 0 Å². The highest BCUT2D eigenvalue weighted by Gasteiger charge is 1.94. The first-order chi connectivity index (χ1) is 4.33. The zero-order valence-corrected chi connectivity index (χ0v) is 5.42. The summed E-state index contributed by atoms with van der Waals surface area (Å²) in [6, 6.07) is 0. The third-order valence-electron chi connectivity index (χ3n) is 1.01. The second-order valence-corrected chi connectivity index (χ2v) is 1.84. The van der Waals surface area contributed by atoms with Crippen molar-refractivity contribution < 1.29 is 4.42 Å². The lowest BCUT2D eigenvalue weighted by Crippen LogP contribution is -1.70. The van der Waals surface area contributed by atoms with E-state index >= 15 is 0 Å². The van der Waals surface area contributed by atoms with E-state index < -0.39 is 0 Å². The number of aromatic nitrogens is 1. The topological polar surface area (TPSA) is 26.0 Å². The molecule has 0 atom stereocenters. The molecule has 0 unspecified atom stereocenters. The van der Waals surface area contributed by atoms with Crippen molar-refractivity contribution in [3.8, 4) is 0 Å². The van der Waals surface area contributed by atoms with Crippen molar-refractivity contribution in [2.24, 2.45) is 0 Å². The largest absolute Gasteiger partial charge is 0.446 e. The predicted octanol–water partition coefficient (Wildman–Crippen LogP) is 1.71. The van der Waals surface area contributed by atoms with Crippen molar-refractivity contribution in [2.45, 2.75) is 13.3 Å². The summed E-state index contributed by atoms with van der Waals surface area (Å²) in [5.41, 5.74) is 0. The monoisotopic (exact) mass is 123 g/mol. The minimum absolute atomic E-state index is 0.715. The second kappa shape index (κ2) is 2.49. The molecule has 0 fully saturated rings. The SMILES string of the molecule is C=CCc1cnc(C)o1. The van der Waals surface area contributed by atoms with Crippen LogP contribution in [0.3, 0.4) is 0 Å². The Morgan fingerprint density at radius 1 is 1.89 bits per heavy atom. The van der Waals surface area contributed by atoms with E-state index in [9.17, 15) is 0 Å². The minimum Gasteiger partial charge on any atom is -0.446 e. The molecule has 1 rings (SSSR count). The lowest BCUT2D eigenvalue weighted by atomic mass is 10.4. The van der Waals surface area contributed by atoms with E-state index in [0.717, 1.165) is 12.2 Å². The number of oxazole rings is 1. The molecule has 0 radical (unpaired) electrons. The van der Waals surface area contributed by atoms with Gasteiger partial charge in [-0.15, -0.1) is 6.58 Å². The Bertz CT molecular complexity index is 202. The van der Waals surface area contributed by atoms with Crippen LogP contribution in [-0.4, -0.2) is 4.98 Å². The van der Waals surface area contributed by atoms with Crippen LogP contribution in [0.2, 0.25) is 0 Å².